The van der Waals surface area contributed by atoms with E-state index >= 15 is 0 Å². The van der Waals surface area contributed by atoms with Crippen LogP contribution in [0.15, 0.2) is 176 Å². The highest BCUT2D eigenvalue weighted by molar-refractivity contribution is 7.26. The topological polar surface area (TPSA) is 56.0 Å². The zero-order valence-corrected chi connectivity index (χ0v) is 30.7. The first-order valence-corrected chi connectivity index (χ1v) is 19.5. The SMILES string of the molecule is c1ccc2c(-c3nc(-c4ccc(-c5cc6c7ccccc7sc6c6nc7c8ccccc8ccc7n56)cc4)nc(-c4cccc5ccccc45)n3)cccc2c1. The number of rotatable bonds is 4. The number of hydrogen-bond acceptors (Lipinski definition) is 5. The van der Waals surface area contributed by atoms with Crippen molar-refractivity contribution in [1.29, 1.82) is 0 Å². The third kappa shape index (κ3) is 4.73. The Bertz CT molecular complexity index is 3440. The van der Waals surface area contributed by atoms with Gasteiger partial charge < -0.3 is 0 Å². The fourth-order valence-corrected chi connectivity index (χ4v) is 9.53. The van der Waals surface area contributed by atoms with E-state index in [2.05, 4.69) is 180 Å². The van der Waals surface area contributed by atoms with E-state index in [1.165, 1.54) is 25.6 Å². The summed E-state index contributed by atoms with van der Waals surface area (Å²) in [5.41, 5.74) is 8.12. The molecule has 0 saturated heterocycles. The van der Waals surface area contributed by atoms with E-state index < -0.39 is 0 Å². The maximum atomic E-state index is 5.38. The molecule has 5 nitrogen and oxygen atoms in total. The van der Waals surface area contributed by atoms with E-state index in [0.29, 0.717) is 17.5 Å². The fourth-order valence-electron chi connectivity index (χ4n) is 8.37. The molecule has 0 spiro atoms. The first-order valence-electron chi connectivity index (χ1n) is 18.7. The predicted molar refractivity (Wildman–Crippen MR) is 233 cm³/mol. The maximum Gasteiger partial charge on any atom is 0.164 e. The molecule has 0 aliphatic heterocycles. The van der Waals surface area contributed by atoms with Crippen LogP contribution >= 0.6 is 11.3 Å². The Morgan fingerprint density at radius 3 is 1.61 bits per heavy atom. The van der Waals surface area contributed by atoms with Crippen LogP contribution in [0.5, 0.6) is 0 Å². The average molecular weight is 732 g/mol. The van der Waals surface area contributed by atoms with Crippen LogP contribution in [-0.2, 0) is 0 Å². The summed E-state index contributed by atoms with van der Waals surface area (Å²) in [6.45, 7) is 0. The molecule has 4 heterocycles. The van der Waals surface area contributed by atoms with Gasteiger partial charge in [0, 0.05) is 37.5 Å². The molecule has 0 bridgehead atoms. The molecule has 0 atom stereocenters. The second-order valence-electron chi connectivity index (χ2n) is 14.2. The van der Waals surface area contributed by atoms with E-state index in [0.717, 1.165) is 71.6 Å². The van der Waals surface area contributed by atoms with Gasteiger partial charge >= 0.3 is 0 Å². The molecule has 0 unspecified atom stereocenters. The molecule has 6 heteroatoms. The minimum atomic E-state index is 0.626. The van der Waals surface area contributed by atoms with Crippen LogP contribution in [0, 0.1) is 0 Å². The molecular formula is C50H29N5S. The lowest BCUT2D eigenvalue weighted by atomic mass is 10.0. The van der Waals surface area contributed by atoms with Crippen LogP contribution in [-0.4, -0.2) is 24.3 Å². The summed E-state index contributed by atoms with van der Waals surface area (Å²) < 4.78 is 4.79. The van der Waals surface area contributed by atoms with Crippen LogP contribution in [0.2, 0.25) is 0 Å². The van der Waals surface area contributed by atoms with Crippen molar-refractivity contribution in [1.82, 2.24) is 24.3 Å². The zero-order chi connectivity index (χ0) is 36.7. The Balaban J connectivity index is 1.07. The van der Waals surface area contributed by atoms with Crippen molar-refractivity contribution in [3.8, 4) is 45.4 Å². The Morgan fingerprint density at radius 2 is 0.929 bits per heavy atom. The highest BCUT2D eigenvalue weighted by Gasteiger charge is 2.20. The minimum absolute atomic E-state index is 0.626. The summed E-state index contributed by atoms with van der Waals surface area (Å²) in [6.07, 6.45) is 0. The van der Waals surface area contributed by atoms with Gasteiger partial charge in [-0.3, -0.25) is 4.40 Å². The van der Waals surface area contributed by atoms with Gasteiger partial charge in [0.05, 0.1) is 21.4 Å². The minimum Gasteiger partial charge on any atom is -0.291 e. The van der Waals surface area contributed by atoms with Crippen LogP contribution < -0.4 is 0 Å². The van der Waals surface area contributed by atoms with Gasteiger partial charge in [0.2, 0.25) is 0 Å². The van der Waals surface area contributed by atoms with Crippen molar-refractivity contribution in [2.75, 3.05) is 0 Å². The van der Waals surface area contributed by atoms with Gasteiger partial charge in [-0.05, 0) is 50.7 Å². The number of benzene rings is 8. The molecule has 0 fully saturated rings. The van der Waals surface area contributed by atoms with Crippen molar-refractivity contribution < 1.29 is 0 Å². The van der Waals surface area contributed by atoms with Crippen molar-refractivity contribution >= 4 is 80.5 Å². The number of thiophene rings is 1. The van der Waals surface area contributed by atoms with E-state index in [1.54, 1.807) is 0 Å². The summed E-state index contributed by atoms with van der Waals surface area (Å²) in [5.74, 6) is 1.92. The molecule has 8 aromatic carbocycles. The Hall–Kier alpha value is -7.28. The lowest BCUT2D eigenvalue weighted by molar-refractivity contribution is 1.08. The number of pyridine rings is 1. The number of hydrogen-bond donors (Lipinski definition) is 0. The van der Waals surface area contributed by atoms with E-state index in [9.17, 15) is 0 Å². The van der Waals surface area contributed by atoms with Gasteiger partial charge in [0.15, 0.2) is 23.1 Å². The number of imidazole rings is 1. The molecule has 4 aromatic heterocycles. The monoisotopic (exact) mass is 731 g/mol. The number of aromatic nitrogens is 5. The van der Waals surface area contributed by atoms with Crippen molar-refractivity contribution in [3.63, 3.8) is 0 Å². The van der Waals surface area contributed by atoms with Gasteiger partial charge in [-0.1, -0.05) is 158 Å². The third-order valence-corrected chi connectivity index (χ3v) is 12.2. The molecule has 56 heavy (non-hydrogen) atoms. The second-order valence-corrected chi connectivity index (χ2v) is 15.3. The van der Waals surface area contributed by atoms with E-state index in [-0.39, 0.29) is 0 Å². The molecule has 0 N–H and O–H groups in total. The average Bonchev–Trinajstić information content (AvgIpc) is 3.85. The molecule has 260 valence electrons. The maximum absolute atomic E-state index is 5.38. The quantitative estimate of drug-likeness (QED) is 0.181. The summed E-state index contributed by atoms with van der Waals surface area (Å²) in [5, 5.41) is 9.30. The standard InChI is InChI=1S/C50H29N5S/c1-4-16-35-30(11-1)14-9-20-39(35)48-52-47(53-49(54-48)40-21-10-15-31-12-2-5-17-36(31)40)34-25-23-33(24-26-34)43-29-41-38-19-7-8-22-44(38)56-46(41)50-51-45-37-18-6-3-13-32(37)27-28-42(45)55(43)50/h1-29H. The zero-order valence-electron chi connectivity index (χ0n) is 29.9. The molecule has 12 aromatic rings. The summed E-state index contributed by atoms with van der Waals surface area (Å²) in [6, 6.07) is 62.0. The lowest BCUT2D eigenvalue weighted by Crippen LogP contribution is -2.01. The van der Waals surface area contributed by atoms with Crippen LogP contribution in [0.4, 0.5) is 0 Å². The van der Waals surface area contributed by atoms with Gasteiger partial charge in [-0.25, -0.2) is 19.9 Å². The van der Waals surface area contributed by atoms with Crippen LogP contribution in [0.1, 0.15) is 0 Å². The van der Waals surface area contributed by atoms with Gasteiger partial charge in [-0.15, -0.1) is 11.3 Å². The molecular weight excluding hydrogens is 703 g/mol. The summed E-state index contributed by atoms with van der Waals surface area (Å²) >= 11 is 1.81. The van der Waals surface area contributed by atoms with E-state index in [4.69, 9.17) is 19.9 Å². The molecule has 0 radical (unpaired) electrons. The Labute approximate surface area is 324 Å². The molecule has 0 aliphatic carbocycles. The summed E-state index contributed by atoms with van der Waals surface area (Å²) in [7, 11) is 0. The predicted octanol–water partition coefficient (Wildman–Crippen LogP) is 13.2. The molecule has 12 rings (SSSR count). The van der Waals surface area contributed by atoms with Gasteiger partial charge in [-0.2, -0.15) is 0 Å². The van der Waals surface area contributed by atoms with Crippen molar-refractivity contribution in [2.24, 2.45) is 0 Å². The first-order chi connectivity index (χ1) is 27.7. The highest BCUT2D eigenvalue weighted by Crippen LogP contribution is 2.42. The van der Waals surface area contributed by atoms with Crippen molar-refractivity contribution in [3.05, 3.63) is 176 Å². The molecule has 0 amide bonds. The third-order valence-electron chi connectivity index (χ3n) is 11.0. The Morgan fingerprint density at radius 1 is 0.393 bits per heavy atom. The first kappa shape index (κ1) is 31.1. The largest absolute Gasteiger partial charge is 0.291 e. The fraction of sp³-hybridized carbons (Fsp3) is 0. The Kier molecular flexibility index (Phi) is 6.73. The van der Waals surface area contributed by atoms with Crippen molar-refractivity contribution in [2.45, 2.75) is 0 Å². The molecule has 0 saturated carbocycles. The van der Waals surface area contributed by atoms with Gasteiger partial charge in [0.1, 0.15) is 0 Å². The second kappa shape index (κ2) is 12.1. The lowest BCUT2D eigenvalue weighted by Gasteiger charge is -2.12. The van der Waals surface area contributed by atoms with E-state index in [1.807, 2.05) is 11.3 Å². The van der Waals surface area contributed by atoms with Crippen LogP contribution in [0.25, 0.3) is 115 Å². The highest BCUT2D eigenvalue weighted by atomic mass is 32.1. The normalized spacial score (nSPS) is 11.9. The summed E-state index contributed by atoms with van der Waals surface area (Å²) in [4.78, 5) is 20.9. The number of nitrogens with zero attached hydrogens (tertiary/aromatic N) is 5. The van der Waals surface area contributed by atoms with Crippen LogP contribution in [0.3, 0.4) is 0 Å². The number of fused-ring (bicyclic) bond motifs is 11. The smallest absolute Gasteiger partial charge is 0.164 e. The van der Waals surface area contributed by atoms with Gasteiger partial charge in [0.25, 0.3) is 0 Å². The molecule has 0 aliphatic rings.